The molecule has 0 aliphatic carbocycles. The average Bonchev–Trinajstić information content (AvgIpc) is 1.82. The molecule has 0 atom stereocenters. The van der Waals surface area contributed by atoms with E-state index in [0.717, 1.165) is 0 Å². The van der Waals surface area contributed by atoms with E-state index < -0.39 is 36.4 Å². The van der Waals surface area contributed by atoms with Gasteiger partial charge in [0.15, 0.2) is 5.60 Å². The van der Waals surface area contributed by atoms with Crippen LogP contribution in [-0.2, 0) is 14.4 Å². The Hall–Kier alpha value is 0.149. The van der Waals surface area contributed by atoms with Crippen molar-refractivity contribution in [2.24, 2.45) is 0 Å². The van der Waals surface area contributed by atoms with Crippen LogP contribution in [-0.4, -0.2) is 98.7 Å². The fourth-order valence-electron chi connectivity index (χ4n) is 0.714. The Balaban J connectivity index is -0.000000720. The monoisotopic (exact) mass is 316 g/mol. The number of rotatable bonds is 5. The van der Waals surface area contributed by atoms with E-state index in [2.05, 4.69) is 0 Å². The van der Waals surface area contributed by atoms with Gasteiger partial charge in [-0.1, -0.05) is 0 Å². The van der Waals surface area contributed by atoms with Crippen LogP contribution in [0, 0.1) is 0 Å². The first-order chi connectivity index (χ1) is 5.78. The standard InChI is InChI=1S/C6H8O7.Ca.H2Se.2H/c7-3(8)1-6(13,5(11)12)2-4(9)10;;;;/h13H,1-2H2,(H,7,8)(H,9,10)(H,11,12);;1H2;;. The van der Waals surface area contributed by atoms with Crippen molar-refractivity contribution < 1.29 is 34.8 Å². The van der Waals surface area contributed by atoms with Gasteiger partial charge in [0.1, 0.15) is 0 Å². The van der Waals surface area contributed by atoms with Crippen molar-refractivity contribution in [2.75, 3.05) is 0 Å². The minimum absolute atomic E-state index is 0. The maximum atomic E-state index is 10.3. The zero-order valence-corrected chi connectivity index (χ0v) is 9.03. The Morgan fingerprint density at radius 3 is 1.33 bits per heavy atom. The van der Waals surface area contributed by atoms with E-state index in [1.54, 1.807) is 0 Å². The van der Waals surface area contributed by atoms with Crippen molar-refractivity contribution in [3.8, 4) is 0 Å². The molecule has 4 N–H and O–H groups in total. The van der Waals surface area contributed by atoms with Gasteiger partial charge in [-0.25, -0.2) is 4.79 Å². The van der Waals surface area contributed by atoms with Gasteiger partial charge in [-0.05, 0) is 0 Å². The SMILES string of the molecule is O=C(O)CC(O)(CC(=O)O)C(=O)O.[CaH2].[SeH2]. The van der Waals surface area contributed by atoms with Gasteiger partial charge in [0.25, 0.3) is 0 Å². The van der Waals surface area contributed by atoms with Gasteiger partial charge in [-0.15, -0.1) is 0 Å². The molecule has 0 aromatic rings. The van der Waals surface area contributed by atoms with E-state index in [0.29, 0.717) is 0 Å². The Morgan fingerprint density at radius 2 is 1.20 bits per heavy atom. The molecule has 0 heterocycles. The fraction of sp³-hybridized carbons (Fsp3) is 0.500. The molecule has 86 valence electrons. The van der Waals surface area contributed by atoms with Gasteiger partial charge in [-0.2, -0.15) is 0 Å². The van der Waals surface area contributed by atoms with Crippen molar-refractivity contribution in [3.05, 3.63) is 0 Å². The summed E-state index contributed by atoms with van der Waals surface area (Å²) in [5.41, 5.74) is -2.74. The van der Waals surface area contributed by atoms with Gasteiger partial charge in [-0.3, -0.25) is 9.59 Å². The molecule has 7 nitrogen and oxygen atoms in total. The molecule has 15 heavy (non-hydrogen) atoms. The molecule has 0 rings (SSSR count). The van der Waals surface area contributed by atoms with Crippen molar-refractivity contribution in [3.63, 3.8) is 0 Å². The summed E-state index contributed by atoms with van der Waals surface area (Å²) in [7, 11) is 0. The molecule has 0 spiro atoms. The summed E-state index contributed by atoms with van der Waals surface area (Å²) in [5.74, 6) is -5.02. The molecule has 0 aromatic carbocycles. The summed E-state index contributed by atoms with van der Waals surface area (Å²) >= 11 is 0. The average molecular weight is 315 g/mol. The summed E-state index contributed by atoms with van der Waals surface area (Å²) in [4.78, 5) is 30.5. The van der Waals surface area contributed by atoms with Crippen LogP contribution in [0.1, 0.15) is 12.8 Å². The first-order valence-corrected chi connectivity index (χ1v) is 3.17. The second-order valence-corrected chi connectivity index (χ2v) is 2.48. The molecule has 0 aliphatic rings. The predicted molar refractivity (Wildman–Crippen MR) is 54.2 cm³/mol. The number of aliphatic carboxylic acids is 3. The fourth-order valence-corrected chi connectivity index (χ4v) is 0.714. The summed E-state index contributed by atoms with van der Waals surface area (Å²) < 4.78 is 0. The van der Waals surface area contributed by atoms with E-state index >= 15 is 0 Å². The third-order valence-electron chi connectivity index (χ3n) is 1.29. The number of carboxylic acid groups (broad SMARTS) is 3. The number of aliphatic hydroxyl groups is 1. The molecule has 0 amide bonds. The van der Waals surface area contributed by atoms with Crippen molar-refractivity contribution in [2.45, 2.75) is 18.4 Å². The van der Waals surface area contributed by atoms with Gasteiger partial charge in [0.2, 0.25) is 0 Å². The molecule has 0 radical (unpaired) electrons. The van der Waals surface area contributed by atoms with Crippen LogP contribution in [0.2, 0.25) is 0 Å². The molecule has 0 fully saturated rings. The number of hydrogen-bond acceptors (Lipinski definition) is 4. The van der Waals surface area contributed by atoms with E-state index in [9.17, 15) is 14.4 Å². The van der Waals surface area contributed by atoms with Crippen LogP contribution in [0.3, 0.4) is 0 Å². The third-order valence-corrected chi connectivity index (χ3v) is 1.29. The Morgan fingerprint density at radius 1 is 0.933 bits per heavy atom. The second-order valence-electron chi connectivity index (χ2n) is 2.48. The second kappa shape index (κ2) is 8.32. The Labute approximate surface area is 125 Å². The topological polar surface area (TPSA) is 132 Å². The number of carbonyl (C=O) groups is 3. The molecule has 0 saturated heterocycles. The Kier molecular flexibility index (Phi) is 11.4. The van der Waals surface area contributed by atoms with Crippen LogP contribution in [0.15, 0.2) is 0 Å². The summed E-state index contributed by atoms with van der Waals surface area (Å²) in [6.07, 6.45) is -2.29. The summed E-state index contributed by atoms with van der Waals surface area (Å²) in [5, 5.41) is 33.8. The van der Waals surface area contributed by atoms with Crippen LogP contribution in [0.5, 0.6) is 0 Å². The number of hydrogen-bond donors (Lipinski definition) is 4. The molecule has 9 heteroatoms. The van der Waals surface area contributed by atoms with Crippen molar-refractivity contribution in [1.82, 2.24) is 0 Å². The zero-order valence-electron chi connectivity index (χ0n) is 6.93. The van der Waals surface area contributed by atoms with E-state index in [-0.39, 0.29) is 54.8 Å². The predicted octanol–water partition coefficient (Wildman–Crippen LogP) is -3.08. The zero-order chi connectivity index (χ0) is 10.6. The normalized spacial score (nSPS) is 9.40. The molecule has 0 unspecified atom stereocenters. The number of carboxylic acids is 3. The third kappa shape index (κ3) is 8.01. The van der Waals surface area contributed by atoms with Gasteiger partial charge >= 0.3 is 72.7 Å². The molecular formula is C6H12CaO7Se. The molecule has 0 aromatic heterocycles. The quantitative estimate of drug-likeness (QED) is 0.396. The molecule has 0 aliphatic heterocycles. The molecule has 0 saturated carbocycles. The van der Waals surface area contributed by atoms with Gasteiger partial charge in [0.05, 0.1) is 12.8 Å². The molecule has 0 bridgehead atoms. The van der Waals surface area contributed by atoms with Crippen LogP contribution < -0.4 is 0 Å². The van der Waals surface area contributed by atoms with Gasteiger partial charge in [0, 0.05) is 0 Å². The van der Waals surface area contributed by atoms with Crippen molar-refractivity contribution in [1.29, 1.82) is 0 Å². The van der Waals surface area contributed by atoms with Crippen LogP contribution in [0.4, 0.5) is 0 Å². The summed E-state index contributed by atoms with van der Waals surface area (Å²) in [6, 6.07) is 0. The maximum absolute atomic E-state index is 10.3. The van der Waals surface area contributed by atoms with Crippen LogP contribution in [0.25, 0.3) is 0 Å². The van der Waals surface area contributed by atoms with E-state index in [1.165, 1.54) is 0 Å². The first-order valence-electron chi connectivity index (χ1n) is 3.17. The molecular weight excluding hydrogens is 303 g/mol. The van der Waals surface area contributed by atoms with E-state index in [1.807, 2.05) is 0 Å². The van der Waals surface area contributed by atoms with E-state index in [4.69, 9.17) is 20.4 Å². The summed E-state index contributed by atoms with van der Waals surface area (Å²) in [6.45, 7) is 0. The minimum atomic E-state index is -2.74. The van der Waals surface area contributed by atoms with Gasteiger partial charge < -0.3 is 20.4 Å². The Bertz CT molecular complexity index is 238. The van der Waals surface area contributed by atoms with Crippen molar-refractivity contribution >= 4 is 72.7 Å². The van der Waals surface area contributed by atoms with Crippen LogP contribution >= 0.6 is 0 Å². The first kappa shape index (κ1) is 20.5.